The molecule has 2 heterocycles. The number of benzene rings is 2. The van der Waals surface area contributed by atoms with Gasteiger partial charge < -0.3 is 20.1 Å². The fourth-order valence-corrected chi connectivity index (χ4v) is 2.89. The number of anilines is 2. The van der Waals surface area contributed by atoms with Crippen LogP contribution < -0.4 is 15.4 Å². The van der Waals surface area contributed by atoms with Gasteiger partial charge in [0.25, 0.3) is 0 Å². The molecule has 2 aromatic rings. The van der Waals surface area contributed by atoms with Crippen molar-refractivity contribution in [3.05, 3.63) is 54.1 Å². The van der Waals surface area contributed by atoms with Crippen molar-refractivity contribution < 1.29 is 19.1 Å². The van der Waals surface area contributed by atoms with Crippen molar-refractivity contribution in [3.8, 4) is 5.75 Å². The van der Waals surface area contributed by atoms with Crippen molar-refractivity contribution in [2.24, 2.45) is 5.92 Å². The number of ether oxygens (including phenoxy) is 2. The van der Waals surface area contributed by atoms with Gasteiger partial charge in [0.05, 0.1) is 13.2 Å². The lowest BCUT2D eigenvalue weighted by Crippen LogP contribution is -2.38. The standard InChI is InChI=1S/C19H18N2O4/c22-18(16-9-12-3-1-2-4-17(12)21-19(16)23)20-13-5-7-14(8-6-13)25-15-10-24-11-15/h1-8,15-16H,9-11H2,(H,20,22)(H,21,23). The maximum Gasteiger partial charge on any atom is 0.237 e. The molecule has 0 spiro atoms. The molecule has 0 bridgehead atoms. The topological polar surface area (TPSA) is 76.7 Å². The van der Waals surface area contributed by atoms with Crippen LogP contribution in [0.2, 0.25) is 0 Å². The third-order valence-electron chi connectivity index (χ3n) is 4.36. The summed E-state index contributed by atoms with van der Waals surface area (Å²) in [7, 11) is 0. The second-order valence-electron chi connectivity index (χ2n) is 6.19. The highest BCUT2D eigenvalue weighted by atomic mass is 16.6. The van der Waals surface area contributed by atoms with Gasteiger partial charge >= 0.3 is 0 Å². The van der Waals surface area contributed by atoms with E-state index in [0.717, 1.165) is 17.0 Å². The normalized spacial score (nSPS) is 19.4. The highest BCUT2D eigenvalue weighted by Crippen LogP contribution is 2.26. The van der Waals surface area contributed by atoms with E-state index in [0.29, 0.717) is 25.3 Å². The predicted molar refractivity (Wildman–Crippen MR) is 92.6 cm³/mol. The average Bonchev–Trinajstić information content (AvgIpc) is 2.59. The number of amides is 2. The van der Waals surface area contributed by atoms with Crippen molar-refractivity contribution in [2.75, 3.05) is 23.8 Å². The molecular weight excluding hydrogens is 320 g/mol. The molecule has 0 aliphatic carbocycles. The van der Waals surface area contributed by atoms with Gasteiger partial charge in [0.2, 0.25) is 11.8 Å². The SMILES string of the molecule is O=C(Nc1ccc(OC2COC2)cc1)C1Cc2ccccc2NC1=O. The first-order chi connectivity index (χ1) is 12.2. The summed E-state index contributed by atoms with van der Waals surface area (Å²) in [5.41, 5.74) is 2.38. The Morgan fingerprint density at radius 2 is 1.88 bits per heavy atom. The summed E-state index contributed by atoms with van der Waals surface area (Å²) < 4.78 is 10.7. The third-order valence-corrected chi connectivity index (χ3v) is 4.36. The van der Waals surface area contributed by atoms with Crippen LogP contribution in [-0.4, -0.2) is 31.1 Å². The largest absolute Gasteiger partial charge is 0.486 e. The van der Waals surface area contributed by atoms with E-state index in [1.54, 1.807) is 24.3 Å². The second kappa shape index (κ2) is 6.57. The summed E-state index contributed by atoms with van der Waals surface area (Å²) in [5.74, 6) is -0.595. The number of carbonyl (C=O) groups is 2. The molecule has 1 fully saturated rings. The number of fused-ring (bicyclic) bond motifs is 1. The minimum atomic E-state index is -0.738. The number of hydrogen-bond donors (Lipinski definition) is 2. The Labute approximate surface area is 145 Å². The predicted octanol–water partition coefficient (Wildman–Crippen LogP) is 2.21. The lowest BCUT2D eigenvalue weighted by atomic mass is 9.92. The molecule has 2 aliphatic heterocycles. The lowest BCUT2D eigenvalue weighted by Gasteiger charge is -2.26. The average molecular weight is 338 g/mol. The Hall–Kier alpha value is -2.86. The Morgan fingerprint density at radius 3 is 2.60 bits per heavy atom. The highest BCUT2D eigenvalue weighted by Gasteiger charge is 2.32. The van der Waals surface area contributed by atoms with Crippen LogP contribution in [0.25, 0.3) is 0 Å². The second-order valence-corrected chi connectivity index (χ2v) is 6.19. The van der Waals surface area contributed by atoms with E-state index >= 15 is 0 Å². The van der Waals surface area contributed by atoms with Gasteiger partial charge in [-0.2, -0.15) is 0 Å². The summed E-state index contributed by atoms with van der Waals surface area (Å²) in [6, 6.07) is 14.6. The van der Waals surface area contributed by atoms with E-state index in [1.807, 2.05) is 24.3 Å². The van der Waals surface area contributed by atoms with Crippen LogP contribution in [-0.2, 0) is 20.7 Å². The molecule has 6 nitrogen and oxygen atoms in total. The molecule has 1 atom stereocenters. The van der Waals surface area contributed by atoms with Crippen LogP contribution in [0.4, 0.5) is 11.4 Å². The van der Waals surface area contributed by atoms with Crippen molar-refractivity contribution in [3.63, 3.8) is 0 Å². The molecule has 25 heavy (non-hydrogen) atoms. The Morgan fingerprint density at radius 1 is 1.12 bits per heavy atom. The summed E-state index contributed by atoms with van der Waals surface area (Å²) in [6.45, 7) is 1.22. The van der Waals surface area contributed by atoms with Crippen molar-refractivity contribution in [1.29, 1.82) is 0 Å². The van der Waals surface area contributed by atoms with Crippen molar-refractivity contribution in [1.82, 2.24) is 0 Å². The van der Waals surface area contributed by atoms with E-state index in [2.05, 4.69) is 10.6 Å². The number of rotatable bonds is 4. The quantitative estimate of drug-likeness (QED) is 0.838. The molecule has 0 saturated carbocycles. The molecule has 4 rings (SSSR count). The van der Waals surface area contributed by atoms with E-state index in [1.165, 1.54) is 0 Å². The van der Waals surface area contributed by atoms with Crippen LogP contribution in [0, 0.1) is 5.92 Å². The van der Waals surface area contributed by atoms with Crippen LogP contribution >= 0.6 is 0 Å². The van der Waals surface area contributed by atoms with Crippen LogP contribution in [0.15, 0.2) is 48.5 Å². The van der Waals surface area contributed by atoms with Gasteiger partial charge in [-0.05, 0) is 42.3 Å². The van der Waals surface area contributed by atoms with E-state index < -0.39 is 5.92 Å². The first-order valence-corrected chi connectivity index (χ1v) is 8.23. The van der Waals surface area contributed by atoms with Crippen LogP contribution in [0.3, 0.4) is 0 Å². The molecule has 2 amide bonds. The van der Waals surface area contributed by atoms with E-state index in [9.17, 15) is 9.59 Å². The zero-order valence-electron chi connectivity index (χ0n) is 13.5. The molecule has 128 valence electrons. The molecule has 6 heteroatoms. The molecule has 1 saturated heterocycles. The van der Waals surface area contributed by atoms with Crippen molar-refractivity contribution >= 4 is 23.2 Å². The fourth-order valence-electron chi connectivity index (χ4n) is 2.89. The Bertz CT molecular complexity index is 799. The molecule has 2 aliphatic rings. The number of hydrogen-bond acceptors (Lipinski definition) is 4. The van der Waals surface area contributed by atoms with Crippen LogP contribution in [0.5, 0.6) is 5.75 Å². The monoisotopic (exact) mass is 338 g/mol. The number of para-hydroxylation sites is 1. The fraction of sp³-hybridized carbons (Fsp3) is 0.263. The molecular formula is C19H18N2O4. The van der Waals surface area contributed by atoms with E-state index in [-0.39, 0.29) is 17.9 Å². The van der Waals surface area contributed by atoms with Gasteiger partial charge in [0.15, 0.2) is 0 Å². The molecule has 0 radical (unpaired) electrons. The third kappa shape index (κ3) is 3.34. The zero-order valence-corrected chi connectivity index (χ0v) is 13.5. The maximum absolute atomic E-state index is 12.5. The van der Waals surface area contributed by atoms with Gasteiger partial charge in [-0.3, -0.25) is 9.59 Å². The van der Waals surface area contributed by atoms with Gasteiger partial charge in [-0.25, -0.2) is 0 Å². The lowest BCUT2D eigenvalue weighted by molar-refractivity contribution is -0.129. The Kier molecular flexibility index (Phi) is 4.11. The zero-order chi connectivity index (χ0) is 17.2. The van der Waals surface area contributed by atoms with E-state index in [4.69, 9.17) is 9.47 Å². The van der Waals surface area contributed by atoms with Gasteiger partial charge in [0.1, 0.15) is 17.8 Å². The first-order valence-electron chi connectivity index (χ1n) is 8.23. The molecule has 2 aromatic carbocycles. The number of carbonyl (C=O) groups excluding carboxylic acids is 2. The minimum absolute atomic E-state index is 0.103. The van der Waals surface area contributed by atoms with Gasteiger partial charge in [-0.15, -0.1) is 0 Å². The van der Waals surface area contributed by atoms with Crippen LogP contribution in [0.1, 0.15) is 5.56 Å². The molecule has 2 N–H and O–H groups in total. The summed E-state index contributed by atoms with van der Waals surface area (Å²) >= 11 is 0. The first kappa shape index (κ1) is 15.7. The summed E-state index contributed by atoms with van der Waals surface area (Å²) in [5, 5.41) is 5.59. The minimum Gasteiger partial charge on any atom is -0.486 e. The highest BCUT2D eigenvalue weighted by molar-refractivity contribution is 6.12. The smallest absolute Gasteiger partial charge is 0.237 e. The number of nitrogens with one attached hydrogen (secondary N) is 2. The van der Waals surface area contributed by atoms with Gasteiger partial charge in [-0.1, -0.05) is 18.2 Å². The maximum atomic E-state index is 12.5. The molecule has 1 unspecified atom stereocenters. The summed E-state index contributed by atoms with van der Waals surface area (Å²) in [6.07, 6.45) is 0.503. The van der Waals surface area contributed by atoms with Crippen molar-refractivity contribution in [2.45, 2.75) is 12.5 Å². The molecule has 0 aromatic heterocycles. The van der Waals surface area contributed by atoms with Gasteiger partial charge in [0, 0.05) is 11.4 Å². The summed E-state index contributed by atoms with van der Waals surface area (Å²) in [4.78, 5) is 24.7. The Balaban J connectivity index is 1.40.